The zero-order valence-corrected chi connectivity index (χ0v) is 13.6. The molecule has 1 unspecified atom stereocenters. The molecular formula is C17H26N4. The lowest BCUT2D eigenvalue weighted by Crippen LogP contribution is -2.26. The Labute approximate surface area is 127 Å². The van der Waals surface area contributed by atoms with Gasteiger partial charge in [0.05, 0.1) is 17.4 Å². The fraction of sp³-hybridized carbons (Fsp3) is 0.529. The maximum Gasteiger partial charge on any atom is 0.0608 e. The van der Waals surface area contributed by atoms with E-state index in [0.29, 0.717) is 0 Å². The van der Waals surface area contributed by atoms with Crippen LogP contribution in [0.1, 0.15) is 49.0 Å². The Morgan fingerprint density at radius 1 is 1.33 bits per heavy atom. The second-order valence-electron chi connectivity index (χ2n) is 5.51. The van der Waals surface area contributed by atoms with Gasteiger partial charge in [-0.1, -0.05) is 19.9 Å². The molecule has 2 rings (SSSR count). The minimum absolute atomic E-state index is 0.246. The molecule has 0 aromatic carbocycles. The number of aryl methyl sites for hydroxylation is 3. The molecule has 114 valence electrons. The highest BCUT2D eigenvalue weighted by molar-refractivity contribution is 5.25. The Morgan fingerprint density at radius 2 is 2.14 bits per heavy atom. The standard InChI is InChI=1S/C17H26N4/c1-5-9-18-16(12-15-11-13(3)20-21(15)4)17-14(6-2)8-7-10-19-17/h7-8,10-11,16,18H,5-6,9,12H2,1-4H3. The minimum Gasteiger partial charge on any atom is -0.308 e. The molecular weight excluding hydrogens is 260 g/mol. The number of nitrogens with zero attached hydrogens (tertiary/aromatic N) is 3. The van der Waals surface area contributed by atoms with Crippen LogP contribution >= 0.6 is 0 Å². The Balaban J connectivity index is 2.27. The average molecular weight is 286 g/mol. The molecule has 0 amide bonds. The van der Waals surface area contributed by atoms with Crippen LogP contribution in [0.4, 0.5) is 0 Å². The van der Waals surface area contributed by atoms with Crippen molar-refractivity contribution in [1.29, 1.82) is 0 Å². The van der Waals surface area contributed by atoms with Gasteiger partial charge in [0.25, 0.3) is 0 Å². The highest BCUT2D eigenvalue weighted by Gasteiger charge is 2.18. The molecule has 2 aromatic rings. The largest absolute Gasteiger partial charge is 0.308 e. The molecule has 0 bridgehead atoms. The lowest BCUT2D eigenvalue weighted by molar-refractivity contribution is 0.498. The van der Waals surface area contributed by atoms with E-state index in [9.17, 15) is 0 Å². The Kier molecular flexibility index (Phi) is 5.51. The first-order valence-corrected chi connectivity index (χ1v) is 7.82. The van der Waals surface area contributed by atoms with E-state index in [0.717, 1.165) is 31.5 Å². The van der Waals surface area contributed by atoms with E-state index in [2.05, 4.69) is 41.4 Å². The maximum absolute atomic E-state index is 4.64. The summed E-state index contributed by atoms with van der Waals surface area (Å²) >= 11 is 0. The summed E-state index contributed by atoms with van der Waals surface area (Å²) in [5.74, 6) is 0. The van der Waals surface area contributed by atoms with Gasteiger partial charge in [0.2, 0.25) is 0 Å². The topological polar surface area (TPSA) is 42.7 Å². The van der Waals surface area contributed by atoms with Crippen LogP contribution in [-0.4, -0.2) is 21.3 Å². The Bertz CT molecular complexity index is 574. The summed E-state index contributed by atoms with van der Waals surface area (Å²) in [5.41, 5.74) is 4.81. The first-order valence-electron chi connectivity index (χ1n) is 7.82. The molecule has 21 heavy (non-hydrogen) atoms. The highest BCUT2D eigenvalue weighted by Crippen LogP contribution is 2.21. The first kappa shape index (κ1) is 15.7. The van der Waals surface area contributed by atoms with Gasteiger partial charge in [0.15, 0.2) is 0 Å². The van der Waals surface area contributed by atoms with E-state index < -0.39 is 0 Å². The molecule has 0 saturated carbocycles. The number of hydrogen-bond acceptors (Lipinski definition) is 3. The van der Waals surface area contributed by atoms with Crippen molar-refractivity contribution in [1.82, 2.24) is 20.1 Å². The zero-order valence-electron chi connectivity index (χ0n) is 13.6. The lowest BCUT2D eigenvalue weighted by atomic mass is 10.0. The van der Waals surface area contributed by atoms with Gasteiger partial charge >= 0.3 is 0 Å². The molecule has 0 fully saturated rings. The molecule has 0 saturated heterocycles. The number of aromatic nitrogens is 3. The van der Waals surface area contributed by atoms with Crippen LogP contribution in [0.25, 0.3) is 0 Å². The molecule has 2 heterocycles. The van der Waals surface area contributed by atoms with Crippen LogP contribution in [0.3, 0.4) is 0 Å². The minimum atomic E-state index is 0.246. The molecule has 2 aromatic heterocycles. The van der Waals surface area contributed by atoms with E-state index in [1.807, 2.05) is 30.9 Å². The SMILES string of the molecule is CCCNC(Cc1cc(C)nn1C)c1ncccc1CC. The van der Waals surface area contributed by atoms with Gasteiger partial charge in [-0.3, -0.25) is 9.67 Å². The summed E-state index contributed by atoms with van der Waals surface area (Å²) in [5, 5.41) is 8.09. The third kappa shape index (κ3) is 3.91. The van der Waals surface area contributed by atoms with Gasteiger partial charge < -0.3 is 5.32 Å². The van der Waals surface area contributed by atoms with Crippen LogP contribution in [0.15, 0.2) is 24.4 Å². The Hall–Kier alpha value is -1.68. The van der Waals surface area contributed by atoms with Crippen LogP contribution in [-0.2, 0) is 19.9 Å². The second-order valence-corrected chi connectivity index (χ2v) is 5.51. The van der Waals surface area contributed by atoms with E-state index in [-0.39, 0.29) is 6.04 Å². The summed E-state index contributed by atoms with van der Waals surface area (Å²) in [7, 11) is 2.01. The molecule has 1 atom stereocenters. The molecule has 0 aliphatic carbocycles. The number of nitrogens with one attached hydrogen (secondary N) is 1. The second kappa shape index (κ2) is 7.36. The van der Waals surface area contributed by atoms with Crippen LogP contribution < -0.4 is 5.32 Å². The van der Waals surface area contributed by atoms with Crippen molar-refractivity contribution in [2.45, 2.75) is 46.1 Å². The monoisotopic (exact) mass is 286 g/mol. The maximum atomic E-state index is 4.64. The zero-order chi connectivity index (χ0) is 15.2. The molecule has 4 heteroatoms. The molecule has 4 nitrogen and oxygen atoms in total. The number of rotatable bonds is 7. The lowest BCUT2D eigenvalue weighted by Gasteiger charge is -2.20. The third-order valence-corrected chi connectivity index (χ3v) is 3.79. The van der Waals surface area contributed by atoms with E-state index in [1.165, 1.54) is 17.0 Å². The molecule has 0 aliphatic rings. The molecule has 0 spiro atoms. The van der Waals surface area contributed by atoms with Crippen molar-refractivity contribution in [3.63, 3.8) is 0 Å². The fourth-order valence-corrected chi connectivity index (χ4v) is 2.71. The van der Waals surface area contributed by atoms with Crippen LogP contribution in [0.2, 0.25) is 0 Å². The van der Waals surface area contributed by atoms with Crippen molar-refractivity contribution < 1.29 is 0 Å². The molecule has 0 aliphatic heterocycles. The van der Waals surface area contributed by atoms with Gasteiger partial charge in [-0.15, -0.1) is 0 Å². The average Bonchev–Trinajstić information content (AvgIpc) is 2.81. The highest BCUT2D eigenvalue weighted by atomic mass is 15.3. The van der Waals surface area contributed by atoms with Gasteiger partial charge in [-0.25, -0.2) is 0 Å². The van der Waals surface area contributed by atoms with E-state index >= 15 is 0 Å². The third-order valence-electron chi connectivity index (χ3n) is 3.79. The van der Waals surface area contributed by atoms with Crippen molar-refractivity contribution in [3.8, 4) is 0 Å². The first-order chi connectivity index (χ1) is 10.2. The van der Waals surface area contributed by atoms with Crippen molar-refractivity contribution >= 4 is 0 Å². The number of pyridine rings is 1. The Morgan fingerprint density at radius 3 is 2.76 bits per heavy atom. The van der Waals surface area contributed by atoms with E-state index in [1.54, 1.807) is 0 Å². The molecule has 0 radical (unpaired) electrons. The summed E-state index contributed by atoms with van der Waals surface area (Å²) in [4.78, 5) is 4.64. The smallest absolute Gasteiger partial charge is 0.0608 e. The fourth-order valence-electron chi connectivity index (χ4n) is 2.71. The van der Waals surface area contributed by atoms with Crippen LogP contribution in [0, 0.1) is 6.92 Å². The van der Waals surface area contributed by atoms with Gasteiger partial charge in [-0.05, 0) is 44.0 Å². The summed E-state index contributed by atoms with van der Waals surface area (Å²) in [6.07, 6.45) is 4.94. The van der Waals surface area contributed by atoms with Crippen molar-refractivity contribution in [2.24, 2.45) is 7.05 Å². The summed E-state index contributed by atoms with van der Waals surface area (Å²) in [6.45, 7) is 7.42. The predicted molar refractivity (Wildman–Crippen MR) is 86.3 cm³/mol. The van der Waals surface area contributed by atoms with Crippen LogP contribution in [0.5, 0.6) is 0 Å². The quantitative estimate of drug-likeness (QED) is 0.851. The predicted octanol–water partition coefficient (Wildman–Crippen LogP) is 2.97. The van der Waals surface area contributed by atoms with E-state index in [4.69, 9.17) is 0 Å². The molecule has 1 N–H and O–H groups in total. The van der Waals surface area contributed by atoms with Crippen molar-refractivity contribution in [3.05, 3.63) is 47.0 Å². The normalized spacial score (nSPS) is 12.6. The van der Waals surface area contributed by atoms with Gasteiger partial charge in [0.1, 0.15) is 0 Å². The van der Waals surface area contributed by atoms with Gasteiger partial charge in [0, 0.05) is 25.4 Å². The van der Waals surface area contributed by atoms with Gasteiger partial charge in [-0.2, -0.15) is 5.10 Å². The van der Waals surface area contributed by atoms with Crippen molar-refractivity contribution in [2.75, 3.05) is 6.54 Å². The number of hydrogen-bond donors (Lipinski definition) is 1. The summed E-state index contributed by atoms with van der Waals surface area (Å²) < 4.78 is 1.98. The summed E-state index contributed by atoms with van der Waals surface area (Å²) in [6, 6.07) is 6.61.